The number of sulfonamides is 1. The lowest BCUT2D eigenvalue weighted by Gasteiger charge is -2.20. The zero-order chi connectivity index (χ0) is 26.3. The molecule has 4 heterocycles. The summed E-state index contributed by atoms with van der Waals surface area (Å²) in [7, 11) is -3.52. The van der Waals surface area contributed by atoms with E-state index in [0.29, 0.717) is 29.9 Å². The number of hydrogen-bond acceptors (Lipinski definition) is 8. The van der Waals surface area contributed by atoms with Crippen LogP contribution in [0.15, 0.2) is 40.6 Å². The standard InChI is InChI=1S/C26H30N6O3S3/c1-17-6-11-20-21(14-17)37-25-23(20)24-29-30-26(32(24)16-27-25)36-15-22(33)28-18-7-9-19(10-8-18)38(34,35)31-12-4-2-3-5-13-31/h7-10,16-17H,2-6,11-15H2,1H3,(H,28,33). The minimum absolute atomic E-state index is 0.145. The number of nitrogens with one attached hydrogen (secondary N) is 1. The largest absolute Gasteiger partial charge is 0.325 e. The highest BCUT2D eigenvalue weighted by Gasteiger charge is 2.26. The van der Waals surface area contributed by atoms with E-state index >= 15 is 0 Å². The van der Waals surface area contributed by atoms with Gasteiger partial charge >= 0.3 is 0 Å². The summed E-state index contributed by atoms with van der Waals surface area (Å²) >= 11 is 3.05. The van der Waals surface area contributed by atoms with Gasteiger partial charge in [0.05, 0.1) is 16.0 Å². The number of amides is 1. The van der Waals surface area contributed by atoms with Gasteiger partial charge in [-0.1, -0.05) is 31.5 Å². The first-order chi connectivity index (χ1) is 18.4. The smallest absolute Gasteiger partial charge is 0.243 e. The van der Waals surface area contributed by atoms with Crippen LogP contribution in [0.5, 0.6) is 0 Å². The van der Waals surface area contributed by atoms with Crippen molar-refractivity contribution in [2.24, 2.45) is 5.92 Å². The molecule has 0 bridgehead atoms. The third-order valence-corrected chi connectivity index (χ3v) is 11.4. The fourth-order valence-electron chi connectivity index (χ4n) is 5.29. The van der Waals surface area contributed by atoms with Crippen molar-refractivity contribution in [3.63, 3.8) is 0 Å². The van der Waals surface area contributed by atoms with Gasteiger partial charge in [-0.15, -0.1) is 21.5 Å². The van der Waals surface area contributed by atoms with E-state index in [0.717, 1.165) is 54.4 Å². The predicted molar refractivity (Wildman–Crippen MR) is 150 cm³/mol. The monoisotopic (exact) mass is 570 g/mol. The lowest BCUT2D eigenvalue weighted by molar-refractivity contribution is -0.113. The molecular formula is C26H30N6O3S3. The minimum atomic E-state index is -3.52. The Labute approximate surface area is 230 Å². The van der Waals surface area contributed by atoms with E-state index < -0.39 is 10.0 Å². The van der Waals surface area contributed by atoms with E-state index in [1.165, 1.54) is 28.6 Å². The van der Waals surface area contributed by atoms with Crippen LogP contribution in [-0.2, 0) is 27.7 Å². The molecule has 200 valence electrons. The fourth-order valence-corrected chi connectivity index (χ4v) is 8.85. The number of rotatable bonds is 6. The molecule has 1 atom stereocenters. The molecule has 1 fully saturated rings. The molecule has 9 nitrogen and oxygen atoms in total. The van der Waals surface area contributed by atoms with Crippen molar-refractivity contribution in [2.45, 2.75) is 61.9 Å². The second-order valence-corrected chi connectivity index (χ2v) is 14.1. The summed E-state index contributed by atoms with van der Waals surface area (Å²) in [5.41, 5.74) is 2.70. The molecule has 0 radical (unpaired) electrons. The highest BCUT2D eigenvalue weighted by atomic mass is 32.2. The summed E-state index contributed by atoms with van der Waals surface area (Å²) in [6.45, 7) is 3.41. The van der Waals surface area contributed by atoms with Gasteiger partial charge in [-0.05, 0) is 67.9 Å². The molecule has 2 aliphatic rings. The average molecular weight is 571 g/mol. The van der Waals surface area contributed by atoms with Gasteiger partial charge in [0.2, 0.25) is 15.9 Å². The number of anilines is 1. The zero-order valence-corrected chi connectivity index (χ0v) is 23.7. The van der Waals surface area contributed by atoms with Crippen LogP contribution in [0.2, 0.25) is 0 Å². The molecule has 1 aliphatic carbocycles. The quantitative estimate of drug-likeness (QED) is 0.333. The number of thioether (sulfide) groups is 1. The number of fused-ring (bicyclic) bond motifs is 5. The Hall–Kier alpha value is -2.54. The number of carbonyl (C=O) groups excluding carboxylic acids is 1. The van der Waals surface area contributed by atoms with Crippen LogP contribution in [0.4, 0.5) is 5.69 Å². The van der Waals surface area contributed by atoms with Crippen molar-refractivity contribution in [3.8, 4) is 0 Å². The lowest BCUT2D eigenvalue weighted by atomic mass is 9.89. The highest BCUT2D eigenvalue weighted by Crippen LogP contribution is 2.39. The Morgan fingerprint density at radius 2 is 1.89 bits per heavy atom. The number of thiophene rings is 1. The first-order valence-electron chi connectivity index (χ1n) is 13.1. The minimum Gasteiger partial charge on any atom is -0.325 e. The normalized spacial score (nSPS) is 18.9. The third kappa shape index (κ3) is 4.94. The van der Waals surface area contributed by atoms with Gasteiger partial charge < -0.3 is 5.32 Å². The van der Waals surface area contributed by atoms with Crippen LogP contribution in [0.1, 0.15) is 49.5 Å². The average Bonchev–Trinajstić information content (AvgIpc) is 3.36. The van der Waals surface area contributed by atoms with Gasteiger partial charge in [-0.3, -0.25) is 9.20 Å². The third-order valence-electron chi connectivity index (χ3n) is 7.34. The molecule has 0 saturated carbocycles. The molecule has 38 heavy (non-hydrogen) atoms. The summed E-state index contributed by atoms with van der Waals surface area (Å²) in [5.74, 6) is 0.631. The van der Waals surface area contributed by atoms with Gasteiger partial charge in [-0.2, -0.15) is 4.31 Å². The van der Waals surface area contributed by atoms with Crippen molar-refractivity contribution < 1.29 is 13.2 Å². The van der Waals surface area contributed by atoms with Crippen LogP contribution in [0.3, 0.4) is 0 Å². The first-order valence-corrected chi connectivity index (χ1v) is 16.3. The number of nitrogens with zero attached hydrogens (tertiary/aromatic N) is 5. The molecule has 1 amide bonds. The molecule has 1 saturated heterocycles. The number of aryl methyl sites for hydroxylation is 1. The Bertz CT molecular complexity index is 1590. The first kappa shape index (κ1) is 25.7. The summed E-state index contributed by atoms with van der Waals surface area (Å²) < 4.78 is 29.4. The van der Waals surface area contributed by atoms with Gasteiger partial charge in [0.15, 0.2) is 10.8 Å². The Kier molecular flexibility index (Phi) is 7.14. The van der Waals surface area contributed by atoms with Gasteiger partial charge in [0.1, 0.15) is 11.2 Å². The summed E-state index contributed by atoms with van der Waals surface area (Å²) in [4.78, 5) is 20.0. The van der Waals surface area contributed by atoms with Crippen molar-refractivity contribution in [1.29, 1.82) is 0 Å². The van der Waals surface area contributed by atoms with Crippen molar-refractivity contribution >= 4 is 60.6 Å². The van der Waals surface area contributed by atoms with Gasteiger partial charge in [0, 0.05) is 23.7 Å². The molecule has 1 N–H and O–H groups in total. The number of aromatic nitrogens is 4. The summed E-state index contributed by atoms with van der Waals surface area (Å²) in [6, 6.07) is 6.41. The van der Waals surface area contributed by atoms with Crippen LogP contribution in [0.25, 0.3) is 15.9 Å². The Morgan fingerprint density at radius 1 is 1.13 bits per heavy atom. The second-order valence-electron chi connectivity index (χ2n) is 10.1. The maximum atomic E-state index is 13.0. The molecule has 1 unspecified atom stereocenters. The molecule has 4 aromatic rings. The Balaban J connectivity index is 1.12. The van der Waals surface area contributed by atoms with Gasteiger partial charge in [-0.25, -0.2) is 13.4 Å². The van der Waals surface area contributed by atoms with Crippen LogP contribution in [-0.4, -0.2) is 57.1 Å². The highest BCUT2D eigenvalue weighted by molar-refractivity contribution is 7.99. The zero-order valence-electron chi connectivity index (χ0n) is 21.2. The summed E-state index contributed by atoms with van der Waals surface area (Å²) in [5, 5.41) is 13.4. The Morgan fingerprint density at radius 3 is 2.66 bits per heavy atom. The van der Waals surface area contributed by atoms with Crippen LogP contribution < -0.4 is 5.32 Å². The van der Waals surface area contributed by atoms with Crippen LogP contribution in [0, 0.1) is 5.92 Å². The van der Waals surface area contributed by atoms with E-state index in [1.807, 2.05) is 4.40 Å². The van der Waals surface area contributed by atoms with Crippen molar-refractivity contribution in [2.75, 3.05) is 24.2 Å². The topological polar surface area (TPSA) is 110 Å². The SMILES string of the molecule is CC1CCc2c(sc3ncn4c(SCC(=O)Nc5ccc(S(=O)(=O)N6CCCCCC6)cc5)nnc4c23)C1. The van der Waals surface area contributed by atoms with E-state index in [2.05, 4.69) is 27.4 Å². The molecule has 3 aromatic heterocycles. The maximum absolute atomic E-state index is 13.0. The fraction of sp³-hybridized carbons (Fsp3) is 0.462. The molecule has 12 heteroatoms. The second kappa shape index (κ2) is 10.6. The number of hydrogen-bond donors (Lipinski definition) is 1. The van der Waals surface area contributed by atoms with Crippen molar-refractivity contribution in [3.05, 3.63) is 41.0 Å². The van der Waals surface area contributed by atoms with E-state index in [4.69, 9.17) is 0 Å². The summed E-state index contributed by atoms with van der Waals surface area (Å²) in [6.07, 6.45) is 8.95. The molecular weight excluding hydrogens is 541 g/mol. The predicted octanol–water partition coefficient (Wildman–Crippen LogP) is 4.76. The van der Waals surface area contributed by atoms with Crippen LogP contribution >= 0.6 is 23.1 Å². The molecule has 6 rings (SSSR count). The maximum Gasteiger partial charge on any atom is 0.243 e. The molecule has 1 aromatic carbocycles. The number of carbonyl (C=O) groups is 1. The molecule has 0 spiro atoms. The van der Waals surface area contributed by atoms with E-state index in [1.54, 1.807) is 46.2 Å². The number of benzene rings is 1. The van der Waals surface area contributed by atoms with E-state index in [9.17, 15) is 13.2 Å². The molecule has 1 aliphatic heterocycles. The van der Waals surface area contributed by atoms with E-state index in [-0.39, 0.29) is 16.6 Å². The van der Waals surface area contributed by atoms with Crippen molar-refractivity contribution in [1.82, 2.24) is 23.9 Å². The van der Waals surface area contributed by atoms with Gasteiger partial charge in [0.25, 0.3) is 0 Å². The lowest BCUT2D eigenvalue weighted by Crippen LogP contribution is -2.31.